The van der Waals surface area contributed by atoms with Gasteiger partial charge in [-0.25, -0.2) is 4.99 Å². The Kier molecular flexibility index (Phi) is 11.3. The van der Waals surface area contributed by atoms with Crippen molar-refractivity contribution in [2.45, 2.75) is 71.4 Å². The molecule has 1 aliphatic rings. The highest BCUT2D eigenvalue weighted by Crippen LogP contribution is 2.28. The Morgan fingerprint density at radius 3 is 2.52 bits per heavy atom. The van der Waals surface area contributed by atoms with E-state index in [4.69, 9.17) is 4.52 Å². The zero-order chi connectivity index (χ0) is 18.9. The number of likely N-dealkylation sites (N-methyl/N-ethyl adjacent to an activating group) is 1. The molecule has 0 saturated heterocycles. The first kappa shape index (κ1) is 24.2. The highest BCUT2D eigenvalue weighted by molar-refractivity contribution is 14.0. The van der Waals surface area contributed by atoms with E-state index in [1.807, 2.05) is 6.07 Å². The van der Waals surface area contributed by atoms with Gasteiger partial charge in [0.15, 0.2) is 11.7 Å². The topological polar surface area (TPSA) is 65.7 Å². The van der Waals surface area contributed by atoms with Crippen LogP contribution in [0.3, 0.4) is 0 Å². The molecule has 6 nitrogen and oxygen atoms in total. The van der Waals surface area contributed by atoms with Gasteiger partial charge in [-0.1, -0.05) is 38.3 Å². The summed E-state index contributed by atoms with van der Waals surface area (Å²) < 4.78 is 5.39. The van der Waals surface area contributed by atoms with E-state index in [0.29, 0.717) is 18.5 Å². The molecule has 0 bridgehead atoms. The highest BCUT2D eigenvalue weighted by Gasteiger charge is 2.25. The molecule has 0 spiro atoms. The van der Waals surface area contributed by atoms with Gasteiger partial charge in [0.2, 0.25) is 0 Å². The number of halogens is 1. The van der Waals surface area contributed by atoms with E-state index >= 15 is 0 Å². The zero-order valence-electron chi connectivity index (χ0n) is 17.6. The van der Waals surface area contributed by atoms with Crippen molar-refractivity contribution >= 4 is 29.9 Å². The van der Waals surface area contributed by atoms with E-state index in [9.17, 15) is 0 Å². The lowest BCUT2D eigenvalue weighted by molar-refractivity contribution is 0.171. The van der Waals surface area contributed by atoms with Gasteiger partial charge in [0.25, 0.3) is 0 Å². The van der Waals surface area contributed by atoms with Crippen LogP contribution in [0.4, 0.5) is 0 Å². The van der Waals surface area contributed by atoms with E-state index in [-0.39, 0.29) is 24.0 Å². The number of guanidine groups is 1. The smallest absolute Gasteiger partial charge is 0.191 e. The molecule has 1 saturated carbocycles. The SMILES string of the molecule is CCNC(=NCc1cc(C(C)C)no1)NCC(C1CCCCC1)N(C)C.I. The number of nitrogens with one attached hydrogen (secondary N) is 2. The highest BCUT2D eigenvalue weighted by atomic mass is 127. The van der Waals surface area contributed by atoms with Gasteiger partial charge in [-0.15, -0.1) is 24.0 Å². The number of hydrogen-bond acceptors (Lipinski definition) is 4. The largest absolute Gasteiger partial charge is 0.359 e. The quantitative estimate of drug-likeness (QED) is 0.327. The van der Waals surface area contributed by atoms with Crippen molar-refractivity contribution in [1.29, 1.82) is 0 Å². The van der Waals surface area contributed by atoms with Crippen molar-refractivity contribution in [1.82, 2.24) is 20.7 Å². The lowest BCUT2D eigenvalue weighted by atomic mass is 9.83. The van der Waals surface area contributed by atoms with Crippen LogP contribution < -0.4 is 10.6 Å². The number of hydrogen-bond donors (Lipinski definition) is 2. The van der Waals surface area contributed by atoms with E-state index < -0.39 is 0 Å². The number of nitrogens with zero attached hydrogens (tertiary/aromatic N) is 3. The van der Waals surface area contributed by atoms with Crippen LogP contribution in [-0.2, 0) is 6.54 Å². The molecule has 1 aliphatic carbocycles. The first-order valence-corrected chi connectivity index (χ1v) is 10.1. The van der Waals surface area contributed by atoms with E-state index in [1.54, 1.807) is 0 Å². The van der Waals surface area contributed by atoms with Gasteiger partial charge < -0.3 is 20.1 Å². The minimum atomic E-state index is 0. The molecule has 156 valence electrons. The molecule has 1 aromatic heterocycles. The number of aliphatic imine (C=N–C) groups is 1. The van der Waals surface area contributed by atoms with E-state index in [0.717, 1.165) is 36.4 Å². The van der Waals surface area contributed by atoms with Crippen molar-refractivity contribution in [3.8, 4) is 0 Å². The minimum absolute atomic E-state index is 0. The Bertz CT molecular complexity index is 552. The molecular weight excluding hydrogens is 453 g/mol. The Labute approximate surface area is 181 Å². The maximum Gasteiger partial charge on any atom is 0.191 e. The van der Waals surface area contributed by atoms with Crippen molar-refractivity contribution in [2.24, 2.45) is 10.9 Å². The zero-order valence-corrected chi connectivity index (χ0v) is 20.0. The summed E-state index contributed by atoms with van der Waals surface area (Å²) in [6.45, 7) is 8.58. The van der Waals surface area contributed by atoms with E-state index in [2.05, 4.69) is 60.5 Å². The third-order valence-corrected chi connectivity index (χ3v) is 5.24. The molecular formula is C20H38IN5O. The normalized spacial score (nSPS) is 17.1. The second kappa shape index (κ2) is 12.6. The second-order valence-electron chi connectivity index (χ2n) is 7.88. The average Bonchev–Trinajstić information content (AvgIpc) is 3.10. The maximum absolute atomic E-state index is 5.39. The monoisotopic (exact) mass is 491 g/mol. The molecule has 0 aliphatic heterocycles. The van der Waals surface area contributed by atoms with Crippen LogP contribution in [0, 0.1) is 5.92 Å². The summed E-state index contributed by atoms with van der Waals surface area (Å²) in [5.41, 5.74) is 0.984. The van der Waals surface area contributed by atoms with Crippen LogP contribution in [0.25, 0.3) is 0 Å². The summed E-state index contributed by atoms with van der Waals surface area (Å²) >= 11 is 0. The summed E-state index contributed by atoms with van der Waals surface area (Å²) in [4.78, 5) is 7.03. The van der Waals surface area contributed by atoms with Crippen molar-refractivity contribution in [3.63, 3.8) is 0 Å². The maximum atomic E-state index is 5.39. The van der Waals surface area contributed by atoms with Crippen molar-refractivity contribution in [3.05, 3.63) is 17.5 Å². The minimum Gasteiger partial charge on any atom is -0.359 e. The molecule has 27 heavy (non-hydrogen) atoms. The molecule has 1 unspecified atom stereocenters. The molecule has 1 atom stereocenters. The van der Waals surface area contributed by atoms with Gasteiger partial charge in [-0.3, -0.25) is 0 Å². The van der Waals surface area contributed by atoms with Gasteiger partial charge in [-0.2, -0.15) is 0 Å². The number of aromatic nitrogens is 1. The van der Waals surface area contributed by atoms with Gasteiger partial charge in [-0.05, 0) is 45.7 Å². The first-order chi connectivity index (χ1) is 12.5. The summed E-state index contributed by atoms with van der Waals surface area (Å²) in [6, 6.07) is 2.54. The van der Waals surface area contributed by atoms with Crippen LogP contribution in [0.5, 0.6) is 0 Å². The standard InChI is InChI=1S/C20H37N5O.HI/c1-6-21-20(22-13-17-12-18(15(2)3)24-26-17)23-14-19(25(4)5)16-10-8-7-9-11-16;/h12,15-16,19H,6-11,13-14H2,1-5H3,(H2,21,22,23);1H. The third-order valence-electron chi connectivity index (χ3n) is 5.24. The fourth-order valence-electron chi connectivity index (χ4n) is 3.67. The Morgan fingerprint density at radius 2 is 1.96 bits per heavy atom. The van der Waals surface area contributed by atoms with Crippen LogP contribution >= 0.6 is 24.0 Å². The predicted octanol–water partition coefficient (Wildman–Crippen LogP) is 3.98. The summed E-state index contributed by atoms with van der Waals surface area (Å²) in [7, 11) is 4.37. The van der Waals surface area contributed by atoms with Gasteiger partial charge in [0, 0.05) is 25.2 Å². The first-order valence-electron chi connectivity index (χ1n) is 10.1. The van der Waals surface area contributed by atoms with Crippen LogP contribution in [0.15, 0.2) is 15.6 Å². The lowest BCUT2D eigenvalue weighted by Gasteiger charge is -2.35. The van der Waals surface area contributed by atoms with Crippen molar-refractivity contribution < 1.29 is 4.52 Å². The molecule has 1 aromatic rings. The van der Waals surface area contributed by atoms with Gasteiger partial charge >= 0.3 is 0 Å². The Morgan fingerprint density at radius 1 is 1.26 bits per heavy atom. The molecule has 2 rings (SSSR count). The Hall–Kier alpha value is -0.830. The average molecular weight is 491 g/mol. The molecule has 1 fully saturated rings. The molecule has 0 amide bonds. The van der Waals surface area contributed by atoms with E-state index in [1.165, 1.54) is 32.1 Å². The fourth-order valence-corrected chi connectivity index (χ4v) is 3.67. The summed E-state index contributed by atoms with van der Waals surface area (Å²) in [6.07, 6.45) is 6.81. The molecule has 1 heterocycles. The fraction of sp³-hybridized carbons (Fsp3) is 0.800. The molecule has 7 heteroatoms. The van der Waals surface area contributed by atoms with Gasteiger partial charge in [0.05, 0.1) is 5.69 Å². The van der Waals surface area contributed by atoms with Crippen molar-refractivity contribution in [2.75, 3.05) is 27.2 Å². The van der Waals surface area contributed by atoms with Crippen LogP contribution in [0.2, 0.25) is 0 Å². The molecule has 2 N–H and O–H groups in total. The number of rotatable bonds is 8. The molecule has 0 aromatic carbocycles. The van der Waals surface area contributed by atoms with Gasteiger partial charge in [0.1, 0.15) is 6.54 Å². The second-order valence-corrected chi connectivity index (χ2v) is 7.88. The third kappa shape index (κ3) is 7.97. The Balaban J connectivity index is 0.00000364. The lowest BCUT2D eigenvalue weighted by Crippen LogP contribution is -2.48. The van der Waals surface area contributed by atoms with Crippen LogP contribution in [-0.4, -0.2) is 49.2 Å². The summed E-state index contributed by atoms with van der Waals surface area (Å²) in [5, 5.41) is 11.0. The molecule has 0 radical (unpaired) electrons. The predicted molar refractivity (Wildman–Crippen MR) is 123 cm³/mol. The van der Waals surface area contributed by atoms with Crippen LogP contribution in [0.1, 0.15) is 70.2 Å². The summed E-state index contributed by atoms with van der Waals surface area (Å²) in [5.74, 6) is 2.80.